The van der Waals surface area contributed by atoms with Gasteiger partial charge in [0.25, 0.3) is 0 Å². The molecular formula is C15H16FNO2S. The number of aliphatic hydroxyl groups is 1. The van der Waals surface area contributed by atoms with Crippen molar-refractivity contribution in [1.29, 1.82) is 0 Å². The molecule has 1 atom stereocenters. The van der Waals surface area contributed by atoms with Gasteiger partial charge in [-0.1, -0.05) is 18.2 Å². The number of thiophene rings is 1. The maximum atomic E-state index is 12.7. The number of halogens is 1. The summed E-state index contributed by atoms with van der Waals surface area (Å²) in [6, 6.07) is 9.61. The molecule has 0 radical (unpaired) electrons. The second kappa shape index (κ2) is 7.17. The molecule has 2 rings (SSSR count). The van der Waals surface area contributed by atoms with Crippen LogP contribution in [0.4, 0.5) is 4.39 Å². The van der Waals surface area contributed by atoms with E-state index in [2.05, 4.69) is 5.32 Å². The molecule has 5 heteroatoms. The van der Waals surface area contributed by atoms with Crippen LogP contribution in [0, 0.1) is 5.82 Å². The summed E-state index contributed by atoms with van der Waals surface area (Å²) in [5.41, 5.74) is 0.766. The number of hydrogen-bond acceptors (Lipinski definition) is 3. The monoisotopic (exact) mass is 293 g/mol. The molecule has 106 valence electrons. The van der Waals surface area contributed by atoms with Crippen LogP contribution in [-0.4, -0.2) is 17.6 Å². The smallest absolute Gasteiger partial charge is 0.224 e. The minimum Gasteiger partial charge on any atom is -0.388 e. The van der Waals surface area contributed by atoms with E-state index in [1.807, 2.05) is 17.5 Å². The number of carbonyl (C=O) groups is 1. The van der Waals surface area contributed by atoms with E-state index in [9.17, 15) is 14.3 Å². The number of nitrogens with one attached hydrogen (secondary N) is 1. The van der Waals surface area contributed by atoms with Crippen LogP contribution in [0.5, 0.6) is 0 Å². The zero-order valence-electron chi connectivity index (χ0n) is 10.9. The van der Waals surface area contributed by atoms with Gasteiger partial charge in [-0.25, -0.2) is 4.39 Å². The first-order chi connectivity index (χ1) is 9.65. The topological polar surface area (TPSA) is 49.3 Å². The van der Waals surface area contributed by atoms with E-state index in [0.29, 0.717) is 13.0 Å². The highest BCUT2D eigenvalue weighted by atomic mass is 32.1. The average Bonchev–Trinajstić information content (AvgIpc) is 2.95. The fourth-order valence-corrected chi connectivity index (χ4v) is 2.57. The Morgan fingerprint density at radius 1 is 1.30 bits per heavy atom. The van der Waals surface area contributed by atoms with E-state index in [-0.39, 0.29) is 18.1 Å². The summed E-state index contributed by atoms with van der Waals surface area (Å²) < 4.78 is 12.7. The summed E-state index contributed by atoms with van der Waals surface area (Å²) in [6.07, 6.45) is 0.159. The van der Waals surface area contributed by atoms with E-state index < -0.39 is 6.10 Å². The van der Waals surface area contributed by atoms with Crippen molar-refractivity contribution in [3.63, 3.8) is 0 Å². The molecule has 1 heterocycles. The van der Waals surface area contributed by atoms with Gasteiger partial charge < -0.3 is 10.4 Å². The van der Waals surface area contributed by atoms with Crippen LogP contribution in [0.15, 0.2) is 41.8 Å². The Morgan fingerprint density at radius 2 is 2.05 bits per heavy atom. The standard InChI is InChI=1S/C15H16FNO2S/c16-12-5-3-11(4-6-12)10-15(19)17-8-7-13(18)14-2-1-9-20-14/h1-6,9,13,18H,7-8,10H2,(H,17,19)/t13-/m0/s1. The van der Waals surface area contributed by atoms with Crippen molar-refractivity contribution in [3.8, 4) is 0 Å². The van der Waals surface area contributed by atoms with Crippen LogP contribution < -0.4 is 5.32 Å². The van der Waals surface area contributed by atoms with Gasteiger partial charge in [-0.15, -0.1) is 11.3 Å². The lowest BCUT2D eigenvalue weighted by Crippen LogP contribution is -2.27. The Bertz CT molecular complexity index is 540. The average molecular weight is 293 g/mol. The van der Waals surface area contributed by atoms with Gasteiger partial charge in [0.15, 0.2) is 0 Å². The molecule has 0 spiro atoms. The third-order valence-corrected chi connectivity index (χ3v) is 3.86. The molecule has 1 aromatic carbocycles. The van der Waals surface area contributed by atoms with Crippen LogP contribution in [0.1, 0.15) is 23.0 Å². The highest BCUT2D eigenvalue weighted by Gasteiger charge is 2.09. The van der Waals surface area contributed by atoms with Gasteiger partial charge in [-0.05, 0) is 35.6 Å². The van der Waals surface area contributed by atoms with Gasteiger partial charge in [0.1, 0.15) is 5.82 Å². The molecule has 0 saturated carbocycles. The van der Waals surface area contributed by atoms with Gasteiger partial charge in [0.05, 0.1) is 12.5 Å². The maximum absolute atomic E-state index is 12.7. The summed E-state index contributed by atoms with van der Waals surface area (Å²) in [7, 11) is 0. The first-order valence-corrected chi connectivity index (χ1v) is 7.26. The number of hydrogen-bond donors (Lipinski definition) is 2. The second-order valence-electron chi connectivity index (χ2n) is 4.47. The molecule has 2 aromatic rings. The molecule has 2 N–H and O–H groups in total. The van der Waals surface area contributed by atoms with E-state index in [1.54, 1.807) is 12.1 Å². The Balaban J connectivity index is 1.71. The summed E-state index contributed by atoms with van der Waals surface area (Å²) in [6.45, 7) is 0.416. The Labute approximate surface area is 121 Å². The van der Waals surface area contributed by atoms with Gasteiger partial charge in [0, 0.05) is 11.4 Å². The van der Waals surface area contributed by atoms with Crippen LogP contribution in [0.2, 0.25) is 0 Å². The summed E-state index contributed by atoms with van der Waals surface area (Å²) in [5.74, 6) is -0.441. The van der Waals surface area contributed by atoms with E-state index in [1.165, 1.54) is 23.5 Å². The molecule has 0 saturated heterocycles. The number of rotatable bonds is 6. The largest absolute Gasteiger partial charge is 0.388 e. The van der Waals surface area contributed by atoms with E-state index in [0.717, 1.165) is 10.4 Å². The highest BCUT2D eigenvalue weighted by Crippen LogP contribution is 2.20. The Kier molecular flexibility index (Phi) is 5.26. The molecule has 3 nitrogen and oxygen atoms in total. The summed E-state index contributed by atoms with van der Waals surface area (Å²) in [5, 5.41) is 14.5. The molecule has 0 aliphatic carbocycles. The van der Waals surface area contributed by atoms with E-state index >= 15 is 0 Å². The van der Waals surface area contributed by atoms with Crippen LogP contribution >= 0.6 is 11.3 Å². The molecule has 0 bridgehead atoms. The van der Waals surface area contributed by atoms with Crippen molar-refractivity contribution < 1.29 is 14.3 Å². The predicted molar refractivity (Wildman–Crippen MR) is 77.0 cm³/mol. The number of carbonyl (C=O) groups excluding carboxylic acids is 1. The lowest BCUT2D eigenvalue weighted by Gasteiger charge is -2.09. The normalized spacial score (nSPS) is 12.1. The molecular weight excluding hydrogens is 277 g/mol. The van der Waals surface area contributed by atoms with Crippen molar-refractivity contribution in [3.05, 3.63) is 58.0 Å². The fourth-order valence-electron chi connectivity index (χ4n) is 1.82. The number of benzene rings is 1. The third kappa shape index (κ3) is 4.43. The van der Waals surface area contributed by atoms with Crippen molar-refractivity contribution in [2.75, 3.05) is 6.54 Å². The zero-order valence-corrected chi connectivity index (χ0v) is 11.7. The summed E-state index contributed by atoms with van der Waals surface area (Å²) >= 11 is 1.50. The van der Waals surface area contributed by atoms with Crippen molar-refractivity contribution in [1.82, 2.24) is 5.32 Å². The Morgan fingerprint density at radius 3 is 2.70 bits per heavy atom. The lowest BCUT2D eigenvalue weighted by atomic mass is 10.1. The minimum atomic E-state index is -0.541. The van der Waals surface area contributed by atoms with Crippen LogP contribution in [0.25, 0.3) is 0 Å². The molecule has 0 aliphatic rings. The predicted octanol–water partition coefficient (Wildman–Crippen LogP) is 2.67. The SMILES string of the molecule is O=C(Cc1ccc(F)cc1)NCC[C@H](O)c1cccs1. The van der Waals surface area contributed by atoms with Gasteiger partial charge >= 0.3 is 0 Å². The molecule has 1 amide bonds. The van der Waals surface area contributed by atoms with Crippen molar-refractivity contribution in [2.45, 2.75) is 18.9 Å². The quantitative estimate of drug-likeness (QED) is 0.860. The van der Waals surface area contributed by atoms with E-state index in [4.69, 9.17) is 0 Å². The summed E-state index contributed by atoms with van der Waals surface area (Å²) in [4.78, 5) is 12.6. The number of aliphatic hydroxyl groups excluding tert-OH is 1. The number of amides is 1. The van der Waals surface area contributed by atoms with Crippen molar-refractivity contribution >= 4 is 17.2 Å². The third-order valence-electron chi connectivity index (χ3n) is 2.89. The maximum Gasteiger partial charge on any atom is 0.224 e. The van der Waals surface area contributed by atoms with Crippen LogP contribution in [-0.2, 0) is 11.2 Å². The molecule has 1 aromatic heterocycles. The molecule has 20 heavy (non-hydrogen) atoms. The molecule has 0 fully saturated rings. The van der Waals surface area contributed by atoms with Crippen LogP contribution in [0.3, 0.4) is 0 Å². The fraction of sp³-hybridized carbons (Fsp3) is 0.267. The van der Waals surface area contributed by atoms with Crippen molar-refractivity contribution in [2.24, 2.45) is 0 Å². The molecule has 0 aliphatic heterocycles. The van der Waals surface area contributed by atoms with Gasteiger partial charge in [0.2, 0.25) is 5.91 Å². The highest BCUT2D eigenvalue weighted by molar-refractivity contribution is 7.10. The first-order valence-electron chi connectivity index (χ1n) is 6.38. The van der Waals surface area contributed by atoms with Gasteiger partial charge in [-0.2, -0.15) is 0 Å². The van der Waals surface area contributed by atoms with Gasteiger partial charge in [-0.3, -0.25) is 4.79 Å². The first kappa shape index (κ1) is 14.7. The second-order valence-corrected chi connectivity index (χ2v) is 5.45. The Hall–Kier alpha value is -1.72. The zero-order chi connectivity index (χ0) is 14.4. The minimum absolute atomic E-state index is 0.130. The lowest BCUT2D eigenvalue weighted by molar-refractivity contribution is -0.120. The molecule has 0 unspecified atom stereocenters.